The van der Waals surface area contributed by atoms with E-state index in [1.165, 1.54) is 0 Å². The molecule has 1 N–H and O–H groups in total. The lowest BCUT2D eigenvalue weighted by atomic mass is 10.0. The van der Waals surface area contributed by atoms with Crippen LogP contribution in [0.3, 0.4) is 0 Å². The Hall–Kier alpha value is -0.770. The maximum Gasteiger partial charge on any atom is 0.410 e. The van der Waals surface area contributed by atoms with Crippen LogP contribution in [0.15, 0.2) is 0 Å². The third-order valence-electron chi connectivity index (χ3n) is 2.90. The minimum Gasteiger partial charge on any atom is -0.447 e. The summed E-state index contributed by atoms with van der Waals surface area (Å²) in [6.45, 7) is 10.9. The maximum absolute atomic E-state index is 11.7. The van der Waals surface area contributed by atoms with Crippen LogP contribution in [0, 0.1) is 5.92 Å². The quantitative estimate of drug-likeness (QED) is 0.822. The lowest BCUT2D eigenvalue weighted by Crippen LogP contribution is -2.46. The SMILES string of the molecule is CC(C)CNC1CCN(C(=O)OC(C)C)CC1. The molecule has 0 spiro atoms. The Kier molecular flexibility index (Phi) is 5.75. The summed E-state index contributed by atoms with van der Waals surface area (Å²) in [6, 6.07) is 0.556. The van der Waals surface area contributed by atoms with Gasteiger partial charge in [0.15, 0.2) is 0 Å². The van der Waals surface area contributed by atoms with E-state index in [0.29, 0.717) is 12.0 Å². The Morgan fingerprint density at radius 2 is 1.88 bits per heavy atom. The number of hydrogen-bond acceptors (Lipinski definition) is 3. The van der Waals surface area contributed by atoms with Gasteiger partial charge in [0.25, 0.3) is 0 Å². The number of carbonyl (C=O) groups is 1. The lowest BCUT2D eigenvalue weighted by Gasteiger charge is -2.32. The Balaban J connectivity index is 2.23. The predicted molar refractivity (Wildman–Crippen MR) is 69.1 cm³/mol. The summed E-state index contributed by atoms with van der Waals surface area (Å²) < 4.78 is 5.19. The number of ether oxygens (including phenoxy) is 1. The minimum absolute atomic E-state index is 0.0284. The van der Waals surface area contributed by atoms with Crippen molar-refractivity contribution in [2.24, 2.45) is 5.92 Å². The molecule has 1 saturated heterocycles. The number of nitrogens with one attached hydrogen (secondary N) is 1. The van der Waals surface area contributed by atoms with E-state index in [2.05, 4.69) is 19.2 Å². The summed E-state index contributed by atoms with van der Waals surface area (Å²) in [5, 5.41) is 3.54. The smallest absolute Gasteiger partial charge is 0.410 e. The molecule has 1 heterocycles. The largest absolute Gasteiger partial charge is 0.447 e. The van der Waals surface area contributed by atoms with Crippen molar-refractivity contribution in [1.82, 2.24) is 10.2 Å². The fourth-order valence-electron chi connectivity index (χ4n) is 1.94. The molecule has 100 valence electrons. The summed E-state index contributed by atoms with van der Waals surface area (Å²) in [6.07, 6.45) is 1.86. The molecule has 0 aliphatic carbocycles. The third kappa shape index (κ3) is 5.39. The fraction of sp³-hybridized carbons (Fsp3) is 0.923. The average molecular weight is 242 g/mol. The number of amides is 1. The van der Waals surface area contributed by atoms with Crippen LogP contribution in [0.25, 0.3) is 0 Å². The molecular weight excluding hydrogens is 216 g/mol. The van der Waals surface area contributed by atoms with E-state index < -0.39 is 0 Å². The van der Waals surface area contributed by atoms with Gasteiger partial charge < -0.3 is 15.0 Å². The van der Waals surface area contributed by atoms with Gasteiger partial charge in [-0.3, -0.25) is 0 Å². The zero-order chi connectivity index (χ0) is 12.8. The number of likely N-dealkylation sites (tertiary alicyclic amines) is 1. The van der Waals surface area contributed by atoms with Gasteiger partial charge in [-0.05, 0) is 39.2 Å². The highest BCUT2D eigenvalue weighted by Crippen LogP contribution is 2.12. The summed E-state index contributed by atoms with van der Waals surface area (Å²) in [7, 11) is 0. The maximum atomic E-state index is 11.7. The first kappa shape index (κ1) is 14.3. The molecule has 0 aromatic rings. The van der Waals surface area contributed by atoms with Crippen molar-refractivity contribution in [3.05, 3.63) is 0 Å². The summed E-state index contributed by atoms with van der Waals surface area (Å²) in [5.41, 5.74) is 0. The van der Waals surface area contributed by atoms with Crippen molar-refractivity contribution in [2.75, 3.05) is 19.6 Å². The molecule has 0 aromatic heterocycles. The van der Waals surface area contributed by atoms with Gasteiger partial charge in [0.1, 0.15) is 0 Å². The van der Waals surface area contributed by atoms with Crippen LogP contribution >= 0.6 is 0 Å². The first-order valence-electron chi connectivity index (χ1n) is 6.68. The molecule has 0 aromatic carbocycles. The second-order valence-electron chi connectivity index (χ2n) is 5.50. The van der Waals surface area contributed by atoms with Gasteiger partial charge in [-0.15, -0.1) is 0 Å². The number of hydrogen-bond donors (Lipinski definition) is 1. The van der Waals surface area contributed by atoms with E-state index >= 15 is 0 Å². The van der Waals surface area contributed by atoms with Gasteiger partial charge in [-0.2, -0.15) is 0 Å². The molecule has 0 radical (unpaired) electrons. The van der Waals surface area contributed by atoms with Crippen molar-refractivity contribution in [2.45, 2.75) is 52.7 Å². The van der Waals surface area contributed by atoms with Gasteiger partial charge in [-0.1, -0.05) is 13.8 Å². The van der Waals surface area contributed by atoms with Gasteiger partial charge in [0, 0.05) is 19.1 Å². The molecule has 0 bridgehead atoms. The Bertz CT molecular complexity index is 234. The monoisotopic (exact) mass is 242 g/mol. The third-order valence-corrected chi connectivity index (χ3v) is 2.90. The minimum atomic E-state index is -0.165. The van der Waals surface area contributed by atoms with Crippen molar-refractivity contribution < 1.29 is 9.53 Å². The molecule has 1 rings (SSSR count). The van der Waals surface area contributed by atoms with Crippen molar-refractivity contribution in [3.8, 4) is 0 Å². The number of rotatable bonds is 4. The second kappa shape index (κ2) is 6.84. The van der Waals surface area contributed by atoms with Crippen molar-refractivity contribution >= 4 is 6.09 Å². The predicted octanol–water partition coefficient (Wildman–Crippen LogP) is 2.24. The highest BCUT2D eigenvalue weighted by Gasteiger charge is 2.23. The zero-order valence-corrected chi connectivity index (χ0v) is 11.5. The molecule has 0 atom stereocenters. The van der Waals surface area contributed by atoms with Crippen LogP contribution in [0.2, 0.25) is 0 Å². The lowest BCUT2D eigenvalue weighted by molar-refractivity contribution is 0.0677. The number of piperidine rings is 1. The van der Waals surface area contributed by atoms with E-state index in [1.54, 1.807) is 0 Å². The standard InChI is InChI=1S/C13H26N2O2/c1-10(2)9-14-12-5-7-15(8-6-12)13(16)17-11(3)4/h10-12,14H,5-9H2,1-4H3. The first-order chi connectivity index (χ1) is 7.99. The van der Waals surface area contributed by atoms with Crippen LogP contribution in [0.1, 0.15) is 40.5 Å². The first-order valence-corrected chi connectivity index (χ1v) is 6.68. The number of carbonyl (C=O) groups excluding carboxylic acids is 1. The molecule has 4 heteroatoms. The van der Waals surface area contributed by atoms with Crippen molar-refractivity contribution in [1.29, 1.82) is 0 Å². The van der Waals surface area contributed by atoms with E-state index in [0.717, 1.165) is 32.5 Å². The average Bonchev–Trinajstić information content (AvgIpc) is 2.26. The van der Waals surface area contributed by atoms with Gasteiger partial charge in [0.05, 0.1) is 6.10 Å². The van der Waals surface area contributed by atoms with Crippen LogP contribution < -0.4 is 5.32 Å². The molecular formula is C13H26N2O2. The van der Waals surface area contributed by atoms with Crippen LogP contribution in [-0.2, 0) is 4.74 Å². The van der Waals surface area contributed by atoms with Crippen LogP contribution in [-0.4, -0.2) is 42.8 Å². The summed E-state index contributed by atoms with van der Waals surface area (Å²) >= 11 is 0. The molecule has 1 amide bonds. The molecule has 0 unspecified atom stereocenters. The van der Waals surface area contributed by atoms with Crippen LogP contribution in [0.4, 0.5) is 4.79 Å². The van der Waals surface area contributed by atoms with E-state index in [1.807, 2.05) is 18.7 Å². The summed E-state index contributed by atoms with van der Waals surface area (Å²) in [5.74, 6) is 0.680. The molecule has 1 fully saturated rings. The van der Waals surface area contributed by atoms with Gasteiger partial charge in [0.2, 0.25) is 0 Å². The van der Waals surface area contributed by atoms with E-state index in [4.69, 9.17) is 4.74 Å². The highest BCUT2D eigenvalue weighted by molar-refractivity contribution is 5.67. The molecule has 0 saturated carbocycles. The Morgan fingerprint density at radius 1 is 1.29 bits per heavy atom. The number of nitrogens with zero attached hydrogens (tertiary/aromatic N) is 1. The Labute approximate surface area is 105 Å². The topological polar surface area (TPSA) is 41.6 Å². The zero-order valence-electron chi connectivity index (χ0n) is 11.5. The van der Waals surface area contributed by atoms with E-state index in [-0.39, 0.29) is 12.2 Å². The molecule has 1 aliphatic heterocycles. The molecule has 17 heavy (non-hydrogen) atoms. The van der Waals surface area contributed by atoms with Crippen LogP contribution in [0.5, 0.6) is 0 Å². The molecule has 4 nitrogen and oxygen atoms in total. The van der Waals surface area contributed by atoms with E-state index in [9.17, 15) is 4.79 Å². The van der Waals surface area contributed by atoms with Crippen molar-refractivity contribution in [3.63, 3.8) is 0 Å². The Morgan fingerprint density at radius 3 is 2.35 bits per heavy atom. The fourth-order valence-corrected chi connectivity index (χ4v) is 1.94. The van der Waals surface area contributed by atoms with Gasteiger partial charge >= 0.3 is 6.09 Å². The normalized spacial score (nSPS) is 17.9. The summed E-state index contributed by atoms with van der Waals surface area (Å²) in [4.78, 5) is 13.5. The highest BCUT2D eigenvalue weighted by atomic mass is 16.6. The van der Waals surface area contributed by atoms with Gasteiger partial charge in [-0.25, -0.2) is 4.79 Å². The second-order valence-corrected chi connectivity index (χ2v) is 5.50. The molecule has 1 aliphatic rings.